The average Bonchev–Trinajstić information content (AvgIpc) is 2.71. The first-order valence-corrected chi connectivity index (χ1v) is 4.88. The lowest BCUT2D eigenvalue weighted by Gasteiger charge is -2.21. The van der Waals surface area contributed by atoms with Crippen LogP contribution in [0.1, 0.15) is 25.2 Å². The summed E-state index contributed by atoms with van der Waals surface area (Å²) >= 11 is 0. The number of nitrogen functional groups attached to an aromatic ring is 1. The number of anilines is 1. The van der Waals surface area contributed by atoms with Crippen LogP contribution in [-0.4, -0.2) is 5.16 Å². The van der Waals surface area contributed by atoms with Gasteiger partial charge in [0.05, 0.1) is 11.6 Å². The van der Waals surface area contributed by atoms with E-state index < -0.39 is 0 Å². The second kappa shape index (κ2) is 3.42. The van der Waals surface area contributed by atoms with Gasteiger partial charge in [0.15, 0.2) is 0 Å². The molecule has 0 atom stereocenters. The van der Waals surface area contributed by atoms with Crippen molar-refractivity contribution in [1.29, 1.82) is 0 Å². The summed E-state index contributed by atoms with van der Waals surface area (Å²) in [5.41, 5.74) is 7.41. The average molecular weight is 202 g/mol. The smallest absolute Gasteiger partial charge is 0.146 e. The monoisotopic (exact) mass is 202 g/mol. The minimum atomic E-state index is -0.176. The summed E-state index contributed by atoms with van der Waals surface area (Å²) in [6.45, 7) is 4.19. The number of nitrogens with two attached hydrogens (primary N) is 1. The first-order valence-electron chi connectivity index (χ1n) is 4.88. The lowest BCUT2D eigenvalue weighted by atomic mass is 9.82. The van der Waals surface area contributed by atoms with Crippen LogP contribution in [0.4, 0.5) is 5.69 Å². The summed E-state index contributed by atoms with van der Waals surface area (Å²) in [6, 6.07) is 9.70. The van der Waals surface area contributed by atoms with E-state index >= 15 is 0 Å². The zero-order valence-electron chi connectivity index (χ0n) is 8.90. The zero-order valence-corrected chi connectivity index (χ0v) is 8.90. The van der Waals surface area contributed by atoms with Gasteiger partial charge in [-0.15, -0.1) is 0 Å². The summed E-state index contributed by atoms with van der Waals surface area (Å²) in [5.74, 6) is 0.854. The first-order chi connectivity index (χ1) is 7.10. The number of benzene rings is 1. The molecule has 3 nitrogen and oxygen atoms in total. The van der Waals surface area contributed by atoms with Crippen molar-refractivity contribution in [3.63, 3.8) is 0 Å². The van der Waals surface area contributed by atoms with Crippen LogP contribution in [-0.2, 0) is 5.41 Å². The van der Waals surface area contributed by atoms with Gasteiger partial charge < -0.3 is 10.3 Å². The molecule has 1 aromatic heterocycles. The molecule has 1 heterocycles. The fraction of sp³-hybridized carbons (Fsp3) is 0.250. The standard InChI is InChI=1S/C12H14N2O/c1-12(2,11-7-8-14-15-11)9-3-5-10(13)6-4-9/h3-8H,13H2,1-2H3. The number of rotatable bonds is 2. The third-order valence-electron chi connectivity index (χ3n) is 2.69. The summed E-state index contributed by atoms with van der Waals surface area (Å²) in [4.78, 5) is 0. The Balaban J connectivity index is 2.41. The van der Waals surface area contributed by atoms with Gasteiger partial charge in [-0.05, 0) is 31.5 Å². The Morgan fingerprint density at radius 3 is 2.33 bits per heavy atom. The van der Waals surface area contributed by atoms with Crippen LogP contribution in [0, 0.1) is 0 Å². The van der Waals surface area contributed by atoms with Gasteiger partial charge in [0.25, 0.3) is 0 Å². The molecular weight excluding hydrogens is 188 g/mol. The molecule has 0 fully saturated rings. The van der Waals surface area contributed by atoms with E-state index in [4.69, 9.17) is 10.3 Å². The predicted octanol–water partition coefficient (Wildman–Crippen LogP) is 2.58. The SMILES string of the molecule is CC(C)(c1ccc(N)cc1)c1ccno1. The Kier molecular flexibility index (Phi) is 2.23. The normalized spacial score (nSPS) is 11.6. The van der Waals surface area contributed by atoms with E-state index in [-0.39, 0.29) is 5.41 Å². The summed E-state index contributed by atoms with van der Waals surface area (Å²) < 4.78 is 5.20. The molecule has 1 aromatic carbocycles. The molecule has 0 saturated carbocycles. The lowest BCUT2D eigenvalue weighted by Crippen LogP contribution is -2.17. The molecule has 2 rings (SSSR count). The number of nitrogens with zero attached hydrogens (tertiary/aromatic N) is 1. The maximum Gasteiger partial charge on any atom is 0.146 e. The van der Waals surface area contributed by atoms with Crippen molar-refractivity contribution in [2.75, 3.05) is 5.73 Å². The third kappa shape index (κ3) is 1.73. The van der Waals surface area contributed by atoms with Crippen molar-refractivity contribution in [2.45, 2.75) is 19.3 Å². The largest absolute Gasteiger partial charge is 0.399 e. The first kappa shape index (κ1) is 9.77. The van der Waals surface area contributed by atoms with Crippen LogP contribution in [0.2, 0.25) is 0 Å². The number of hydrogen-bond acceptors (Lipinski definition) is 3. The fourth-order valence-electron chi connectivity index (χ4n) is 1.58. The van der Waals surface area contributed by atoms with Crippen LogP contribution in [0.25, 0.3) is 0 Å². The van der Waals surface area contributed by atoms with E-state index in [1.165, 1.54) is 0 Å². The van der Waals surface area contributed by atoms with E-state index in [9.17, 15) is 0 Å². The van der Waals surface area contributed by atoms with Crippen LogP contribution in [0.5, 0.6) is 0 Å². The molecule has 2 aromatic rings. The molecule has 2 N–H and O–H groups in total. The van der Waals surface area contributed by atoms with Gasteiger partial charge >= 0.3 is 0 Å². The molecule has 0 aliphatic carbocycles. The predicted molar refractivity (Wildman–Crippen MR) is 59.5 cm³/mol. The summed E-state index contributed by atoms with van der Waals surface area (Å²) in [6.07, 6.45) is 1.66. The number of hydrogen-bond donors (Lipinski definition) is 1. The zero-order chi connectivity index (χ0) is 10.9. The molecule has 0 radical (unpaired) electrons. The molecule has 78 valence electrons. The van der Waals surface area contributed by atoms with Crippen LogP contribution in [0.15, 0.2) is 41.1 Å². The van der Waals surface area contributed by atoms with Crippen molar-refractivity contribution in [2.24, 2.45) is 0 Å². The Labute approximate surface area is 88.9 Å². The summed E-state index contributed by atoms with van der Waals surface area (Å²) in [5, 5.41) is 3.73. The molecule has 0 aliphatic rings. The summed E-state index contributed by atoms with van der Waals surface area (Å²) in [7, 11) is 0. The molecule has 0 unspecified atom stereocenters. The molecule has 3 heteroatoms. The Hall–Kier alpha value is -1.77. The maximum atomic E-state index is 5.65. The van der Waals surface area contributed by atoms with Crippen molar-refractivity contribution in [1.82, 2.24) is 5.16 Å². The van der Waals surface area contributed by atoms with Crippen LogP contribution < -0.4 is 5.73 Å². The highest BCUT2D eigenvalue weighted by Crippen LogP contribution is 2.31. The molecule has 0 aliphatic heterocycles. The van der Waals surface area contributed by atoms with Crippen LogP contribution >= 0.6 is 0 Å². The van der Waals surface area contributed by atoms with Gasteiger partial charge in [-0.3, -0.25) is 0 Å². The second-order valence-corrected chi connectivity index (χ2v) is 4.12. The van der Waals surface area contributed by atoms with Crippen molar-refractivity contribution in [3.05, 3.63) is 47.9 Å². The Morgan fingerprint density at radius 1 is 1.13 bits per heavy atom. The van der Waals surface area contributed by atoms with E-state index in [0.29, 0.717) is 0 Å². The minimum Gasteiger partial charge on any atom is -0.399 e. The number of aromatic nitrogens is 1. The maximum absolute atomic E-state index is 5.65. The second-order valence-electron chi connectivity index (χ2n) is 4.12. The topological polar surface area (TPSA) is 52.0 Å². The highest BCUT2D eigenvalue weighted by Gasteiger charge is 2.26. The molecular formula is C12H14N2O. The molecule has 15 heavy (non-hydrogen) atoms. The Morgan fingerprint density at radius 2 is 1.80 bits per heavy atom. The van der Waals surface area contributed by atoms with Crippen LogP contribution in [0.3, 0.4) is 0 Å². The van der Waals surface area contributed by atoms with Crippen molar-refractivity contribution in [3.8, 4) is 0 Å². The van der Waals surface area contributed by atoms with E-state index in [2.05, 4.69) is 19.0 Å². The van der Waals surface area contributed by atoms with Gasteiger partial charge in [-0.25, -0.2) is 0 Å². The fourth-order valence-corrected chi connectivity index (χ4v) is 1.58. The van der Waals surface area contributed by atoms with Gasteiger partial charge in [-0.2, -0.15) is 0 Å². The molecule has 0 amide bonds. The Bertz CT molecular complexity index is 429. The molecule has 0 bridgehead atoms. The highest BCUT2D eigenvalue weighted by atomic mass is 16.5. The molecule has 0 spiro atoms. The van der Waals surface area contributed by atoms with Gasteiger partial charge in [-0.1, -0.05) is 17.3 Å². The van der Waals surface area contributed by atoms with E-state index in [0.717, 1.165) is 17.0 Å². The van der Waals surface area contributed by atoms with E-state index in [1.54, 1.807) is 6.20 Å². The van der Waals surface area contributed by atoms with Gasteiger partial charge in [0.2, 0.25) is 0 Å². The lowest BCUT2D eigenvalue weighted by molar-refractivity contribution is 0.340. The quantitative estimate of drug-likeness (QED) is 0.761. The van der Waals surface area contributed by atoms with Gasteiger partial charge in [0.1, 0.15) is 5.76 Å². The third-order valence-corrected chi connectivity index (χ3v) is 2.69. The van der Waals surface area contributed by atoms with Gasteiger partial charge in [0, 0.05) is 11.8 Å². The van der Waals surface area contributed by atoms with Crippen molar-refractivity contribution >= 4 is 5.69 Å². The van der Waals surface area contributed by atoms with E-state index in [1.807, 2.05) is 30.3 Å². The minimum absolute atomic E-state index is 0.176. The van der Waals surface area contributed by atoms with Crippen molar-refractivity contribution < 1.29 is 4.52 Å². The molecule has 0 saturated heterocycles. The highest BCUT2D eigenvalue weighted by molar-refractivity contribution is 5.43.